The van der Waals surface area contributed by atoms with Crippen molar-refractivity contribution in [3.63, 3.8) is 0 Å². The topological polar surface area (TPSA) is 72.6 Å². The average molecular weight is 312 g/mol. The van der Waals surface area contributed by atoms with E-state index in [1.807, 2.05) is 25.1 Å². The van der Waals surface area contributed by atoms with E-state index < -0.39 is 11.8 Å². The van der Waals surface area contributed by atoms with Crippen LogP contribution in [-0.4, -0.2) is 16.8 Å². The Morgan fingerprint density at radius 1 is 1.04 bits per heavy atom. The highest BCUT2D eigenvalue weighted by Crippen LogP contribution is 2.25. The molecule has 23 heavy (non-hydrogen) atoms. The molecule has 0 radical (unpaired) electrons. The predicted octanol–water partition coefficient (Wildman–Crippen LogP) is 3.51. The lowest BCUT2D eigenvalue weighted by Crippen LogP contribution is -2.42. The van der Waals surface area contributed by atoms with Crippen molar-refractivity contribution in [3.05, 3.63) is 60.2 Å². The molecule has 0 aliphatic heterocycles. The lowest BCUT2D eigenvalue weighted by Gasteiger charge is -2.17. The number of carbonyl (C=O) groups is 2. The summed E-state index contributed by atoms with van der Waals surface area (Å²) in [6, 6.07) is 15.8. The molecule has 2 amide bonds. The molecule has 0 fully saturated rings. The first-order valence-electron chi connectivity index (χ1n) is 7.57. The Labute approximate surface area is 135 Å². The van der Waals surface area contributed by atoms with Crippen molar-refractivity contribution in [1.29, 1.82) is 0 Å². The third-order valence-corrected chi connectivity index (χ3v) is 3.32. The molecule has 0 heterocycles. The molecule has 0 bridgehead atoms. The number of hydrazine groups is 1. The van der Waals surface area contributed by atoms with Crippen LogP contribution >= 0.6 is 0 Å². The number of carbonyl (C=O) groups excluding carboxylic acids is 2. The van der Waals surface area contributed by atoms with Gasteiger partial charge in [-0.1, -0.05) is 43.7 Å². The van der Waals surface area contributed by atoms with Gasteiger partial charge in [0.15, 0.2) is 0 Å². The van der Waals surface area contributed by atoms with Gasteiger partial charge < -0.3 is 4.74 Å². The molecular formula is C18H20N2O3. The molecule has 2 N–H and O–H groups in total. The van der Waals surface area contributed by atoms with E-state index in [9.17, 15) is 9.59 Å². The summed E-state index contributed by atoms with van der Waals surface area (Å²) in [6.07, 6.45) is 1.81. The van der Waals surface area contributed by atoms with Crippen molar-refractivity contribution in [2.45, 2.75) is 26.2 Å². The normalized spacial score (nSPS) is 10.2. The molecule has 0 saturated carbocycles. The Bertz CT molecular complexity index is 671. The Morgan fingerprint density at radius 2 is 1.70 bits per heavy atom. The minimum Gasteiger partial charge on any atom is -0.457 e. The van der Waals surface area contributed by atoms with Crippen LogP contribution in [0.4, 0.5) is 0 Å². The van der Waals surface area contributed by atoms with Crippen LogP contribution in [0.5, 0.6) is 11.5 Å². The van der Waals surface area contributed by atoms with Crippen molar-refractivity contribution < 1.29 is 14.3 Å². The molecular weight excluding hydrogens is 292 g/mol. The van der Waals surface area contributed by atoms with Crippen molar-refractivity contribution in [2.75, 3.05) is 0 Å². The Morgan fingerprint density at radius 3 is 2.39 bits per heavy atom. The summed E-state index contributed by atoms with van der Waals surface area (Å²) in [5.41, 5.74) is 0.253. The van der Waals surface area contributed by atoms with E-state index in [4.69, 9.17) is 10.6 Å². The molecule has 0 aromatic heterocycles. The maximum atomic E-state index is 12.5. The van der Waals surface area contributed by atoms with Crippen LogP contribution in [0.3, 0.4) is 0 Å². The Hall–Kier alpha value is -2.66. The summed E-state index contributed by atoms with van der Waals surface area (Å²) in [7, 11) is 0. The zero-order chi connectivity index (χ0) is 16.7. The first kappa shape index (κ1) is 16.7. The van der Waals surface area contributed by atoms with Crippen LogP contribution in [0.25, 0.3) is 0 Å². The van der Waals surface area contributed by atoms with E-state index in [-0.39, 0.29) is 12.0 Å². The van der Waals surface area contributed by atoms with Gasteiger partial charge in [-0.25, -0.2) is 10.9 Å². The number of nitrogens with two attached hydrogens (primary N) is 1. The summed E-state index contributed by atoms with van der Waals surface area (Å²) in [6.45, 7) is 1.97. The van der Waals surface area contributed by atoms with Crippen molar-refractivity contribution in [2.24, 2.45) is 5.84 Å². The maximum absolute atomic E-state index is 12.5. The van der Waals surface area contributed by atoms with Gasteiger partial charge in [-0.05, 0) is 30.7 Å². The van der Waals surface area contributed by atoms with Crippen LogP contribution in [-0.2, 0) is 4.79 Å². The van der Waals surface area contributed by atoms with Crippen LogP contribution < -0.4 is 10.6 Å². The first-order chi connectivity index (χ1) is 11.1. The number of ether oxygens (including phenoxy) is 1. The summed E-state index contributed by atoms with van der Waals surface area (Å²) in [5, 5.41) is 0.669. The van der Waals surface area contributed by atoms with E-state index in [1.54, 1.807) is 36.4 Å². The molecule has 120 valence electrons. The monoisotopic (exact) mass is 312 g/mol. The minimum atomic E-state index is -0.572. The third kappa shape index (κ3) is 4.40. The SMILES string of the molecule is CCCCC(=O)N(N)C(=O)c1ccccc1Oc1ccccc1. The molecule has 0 aliphatic rings. The van der Waals surface area contributed by atoms with E-state index in [0.717, 1.165) is 6.42 Å². The quantitative estimate of drug-likeness (QED) is 0.503. The lowest BCUT2D eigenvalue weighted by atomic mass is 10.1. The lowest BCUT2D eigenvalue weighted by molar-refractivity contribution is -0.128. The van der Waals surface area contributed by atoms with Crippen LogP contribution in [0.1, 0.15) is 36.5 Å². The number of nitrogens with zero attached hydrogens (tertiary/aromatic N) is 1. The number of imide groups is 1. The van der Waals surface area contributed by atoms with Gasteiger partial charge in [0.05, 0.1) is 5.56 Å². The zero-order valence-electron chi connectivity index (χ0n) is 13.1. The number of unbranched alkanes of at least 4 members (excludes halogenated alkanes) is 1. The predicted molar refractivity (Wildman–Crippen MR) is 87.8 cm³/mol. The largest absolute Gasteiger partial charge is 0.457 e. The van der Waals surface area contributed by atoms with Gasteiger partial charge in [-0.2, -0.15) is 0 Å². The van der Waals surface area contributed by atoms with Crippen LogP contribution in [0.15, 0.2) is 54.6 Å². The van der Waals surface area contributed by atoms with E-state index in [2.05, 4.69) is 0 Å². The van der Waals surface area contributed by atoms with E-state index >= 15 is 0 Å². The second-order valence-corrected chi connectivity index (χ2v) is 5.08. The number of rotatable bonds is 6. The highest BCUT2D eigenvalue weighted by atomic mass is 16.5. The van der Waals surface area contributed by atoms with Gasteiger partial charge in [-0.15, -0.1) is 0 Å². The van der Waals surface area contributed by atoms with Crippen LogP contribution in [0.2, 0.25) is 0 Å². The van der Waals surface area contributed by atoms with Gasteiger partial charge in [-0.3, -0.25) is 9.59 Å². The van der Waals surface area contributed by atoms with Crippen molar-refractivity contribution >= 4 is 11.8 Å². The highest BCUT2D eigenvalue weighted by molar-refractivity contribution is 6.05. The molecule has 2 rings (SSSR count). The highest BCUT2D eigenvalue weighted by Gasteiger charge is 2.22. The third-order valence-electron chi connectivity index (χ3n) is 3.32. The molecule has 0 spiro atoms. The number of benzene rings is 2. The molecule has 0 aliphatic carbocycles. The Balaban J connectivity index is 2.19. The molecule has 0 atom stereocenters. The molecule has 5 nitrogen and oxygen atoms in total. The van der Waals surface area contributed by atoms with E-state index in [1.165, 1.54) is 0 Å². The van der Waals surface area contributed by atoms with Crippen molar-refractivity contribution in [3.8, 4) is 11.5 Å². The molecule has 0 unspecified atom stereocenters. The second kappa shape index (κ2) is 8.10. The fourth-order valence-corrected chi connectivity index (χ4v) is 2.04. The fraction of sp³-hybridized carbons (Fsp3) is 0.222. The average Bonchev–Trinajstić information content (AvgIpc) is 2.59. The number of para-hydroxylation sites is 2. The second-order valence-electron chi connectivity index (χ2n) is 5.08. The molecule has 0 saturated heterocycles. The number of hydrogen-bond donors (Lipinski definition) is 1. The number of amides is 2. The van der Waals surface area contributed by atoms with Gasteiger partial charge in [0.2, 0.25) is 5.91 Å². The van der Waals surface area contributed by atoms with Crippen LogP contribution in [0, 0.1) is 0 Å². The molecule has 2 aromatic rings. The summed E-state index contributed by atoms with van der Waals surface area (Å²) < 4.78 is 5.73. The first-order valence-corrected chi connectivity index (χ1v) is 7.57. The maximum Gasteiger partial charge on any atom is 0.278 e. The molecule has 5 heteroatoms. The Kier molecular flexibility index (Phi) is 5.88. The van der Waals surface area contributed by atoms with Gasteiger partial charge in [0.25, 0.3) is 5.91 Å². The smallest absolute Gasteiger partial charge is 0.278 e. The van der Waals surface area contributed by atoms with E-state index in [0.29, 0.717) is 22.9 Å². The standard InChI is InChI=1S/C18H20N2O3/c1-2-3-13-17(21)20(19)18(22)15-11-7-8-12-16(15)23-14-9-5-4-6-10-14/h4-12H,2-3,13,19H2,1H3. The van der Waals surface area contributed by atoms with Gasteiger partial charge >= 0.3 is 0 Å². The minimum absolute atomic E-state index is 0.250. The summed E-state index contributed by atoms with van der Waals surface area (Å²) >= 11 is 0. The van der Waals surface area contributed by atoms with Gasteiger partial charge in [0.1, 0.15) is 11.5 Å². The zero-order valence-corrected chi connectivity index (χ0v) is 13.1. The van der Waals surface area contributed by atoms with Gasteiger partial charge in [0, 0.05) is 6.42 Å². The number of hydrogen-bond acceptors (Lipinski definition) is 4. The fourth-order valence-electron chi connectivity index (χ4n) is 2.04. The molecule has 2 aromatic carbocycles. The summed E-state index contributed by atoms with van der Waals surface area (Å²) in [5.74, 6) is 5.67. The van der Waals surface area contributed by atoms with Crippen molar-refractivity contribution in [1.82, 2.24) is 5.01 Å². The summed E-state index contributed by atoms with van der Waals surface area (Å²) in [4.78, 5) is 24.4.